The maximum Gasteiger partial charge on any atom is 0.253 e. The van der Waals surface area contributed by atoms with E-state index in [1.54, 1.807) is 12.1 Å². The largest absolute Gasteiger partial charge is 0.338 e. The van der Waals surface area contributed by atoms with E-state index in [0.29, 0.717) is 23.4 Å². The Balaban J connectivity index is 1.69. The fourth-order valence-corrected chi connectivity index (χ4v) is 3.68. The molecule has 2 aliphatic heterocycles. The molecule has 2 bridgehead atoms. The molecule has 1 aromatic rings. The summed E-state index contributed by atoms with van der Waals surface area (Å²) in [5.41, 5.74) is 0.595. The molecule has 2 aliphatic rings. The topological polar surface area (TPSA) is 23.6 Å². The number of carbonyl (C=O) groups excluding carboxylic acids is 1. The van der Waals surface area contributed by atoms with Crippen LogP contribution in [0.25, 0.3) is 0 Å². The molecule has 1 amide bonds. The Kier molecular flexibility index (Phi) is 3.98. The Morgan fingerprint density at radius 3 is 2.19 bits per heavy atom. The maximum absolute atomic E-state index is 13.0. The summed E-state index contributed by atoms with van der Waals surface area (Å²) < 4.78 is 13.0. The normalized spacial score (nSPS) is 26.2. The van der Waals surface area contributed by atoms with Gasteiger partial charge in [-0.15, -0.1) is 0 Å². The van der Waals surface area contributed by atoms with E-state index in [-0.39, 0.29) is 11.7 Å². The summed E-state index contributed by atoms with van der Waals surface area (Å²) in [4.78, 5) is 17.0. The predicted octanol–water partition coefficient (Wildman–Crippen LogP) is 2.63. The van der Waals surface area contributed by atoms with Gasteiger partial charge in [0.25, 0.3) is 5.91 Å². The van der Waals surface area contributed by atoms with Crippen molar-refractivity contribution < 1.29 is 9.18 Å². The second-order valence-electron chi connectivity index (χ2n) is 6.73. The zero-order valence-electron chi connectivity index (χ0n) is 12.8. The molecule has 21 heavy (non-hydrogen) atoms. The molecule has 2 heterocycles. The number of nitrogens with zero attached hydrogens (tertiary/aromatic N) is 2. The number of carbonyl (C=O) groups is 1. The van der Waals surface area contributed by atoms with Crippen molar-refractivity contribution in [3.05, 3.63) is 35.6 Å². The van der Waals surface area contributed by atoms with Gasteiger partial charge in [-0.1, -0.05) is 0 Å². The molecule has 3 nitrogen and oxygen atoms in total. The predicted molar refractivity (Wildman–Crippen MR) is 80.6 cm³/mol. The van der Waals surface area contributed by atoms with Gasteiger partial charge in [0.1, 0.15) is 5.82 Å². The Morgan fingerprint density at radius 2 is 1.67 bits per heavy atom. The molecule has 0 N–H and O–H groups in total. The van der Waals surface area contributed by atoms with Crippen molar-refractivity contribution in [2.24, 2.45) is 11.8 Å². The van der Waals surface area contributed by atoms with Gasteiger partial charge in [0.05, 0.1) is 0 Å². The molecule has 0 radical (unpaired) electrons. The minimum atomic E-state index is -0.297. The highest BCUT2D eigenvalue weighted by molar-refractivity contribution is 5.94. The molecule has 0 saturated carbocycles. The quantitative estimate of drug-likeness (QED) is 0.836. The lowest BCUT2D eigenvalue weighted by molar-refractivity contribution is 0.0168. The van der Waals surface area contributed by atoms with Crippen molar-refractivity contribution in [1.29, 1.82) is 0 Å². The van der Waals surface area contributed by atoms with E-state index in [9.17, 15) is 9.18 Å². The SMILES string of the molecule is CC(C)N1C[C@@H]2C[C@@H](CN(C(=O)c3ccc(F)cc3)C2)C1. The van der Waals surface area contributed by atoms with E-state index in [0.717, 1.165) is 26.2 Å². The first-order valence-electron chi connectivity index (χ1n) is 7.82. The van der Waals surface area contributed by atoms with Crippen molar-refractivity contribution in [3.63, 3.8) is 0 Å². The summed E-state index contributed by atoms with van der Waals surface area (Å²) in [7, 11) is 0. The maximum atomic E-state index is 13.0. The highest BCUT2D eigenvalue weighted by Crippen LogP contribution is 2.30. The van der Waals surface area contributed by atoms with E-state index in [2.05, 4.69) is 18.7 Å². The van der Waals surface area contributed by atoms with E-state index in [1.807, 2.05) is 4.90 Å². The van der Waals surface area contributed by atoms with Crippen LogP contribution < -0.4 is 0 Å². The fraction of sp³-hybridized carbons (Fsp3) is 0.588. The molecule has 0 spiro atoms. The lowest BCUT2D eigenvalue weighted by Crippen LogP contribution is -2.55. The van der Waals surface area contributed by atoms with Gasteiger partial charge in [-0.2, -0.15) is 0 Å². The van der Waals surface area contributed by atoms with Crippen LogP contribution in [-0.4, -0.2) is 47.9 Å². The summed E-state index contributed by atoms with van der Waals surface area (Å²) in [5.74, 6) is 0.894. The minimum absolute atomic E-state index is 0.0442. The highest BCUT2D eigenvalue weighted by Gasteiger charge is 2.36. The van der Waals surface area contributed by atoms with Crippen LogP contribution in [0.5, 0.6) is 0 Å². The number of fused-ring (bicyclic) bond motifs is 2. The Labute approximate surface area is 125 Å². The van der Waals surface area contributed by atoms with Gasteiger partial charge in [-0.3, -0.25) is 4.79 Å². The van der Waals surface area contributed by atoms with Crippen LogP contribution in [0.2, 0.25) is 0 Å². The fourth-order valence-electron chi connectivity index (χ4n) is 3.68. The molecule has 0 aromatic heterocycles. The average Bonchev–Trinajstić information content (AvgIpc) is 2.46. The number of halogens is 1. The molecule has 1 aromatic carbocycles. The van der Waals surface area contributed by atoms with Crippen LogP contribution in [0.3, 0.4) is 0 Å². The summed E-state index contributed by atoms with van der Waals surface area (Å²) in [6.45, 7) is 8.31. The van der Waals surface area contributed by atoms with E-state index in [4.69, 9.17) is 0 Å². The number of hydrogen-bond donors (Lipinski definition) is 0. The van der Waals surface area contributed by atoms with Crippen molar-refractivity contribution >= 4 is 5.91 Å². The second kappa shape index (κ2) is 5.76. The Morgan fingerprint density at radius 1 is 1.10 bits per heavy atom. The number of likely N-dealkylation sites (tertiary alicyclic amines) is 2. The first-order chi connectivity index (χ1) is 10.0. The first-order valence-corrected chi connectivity index (χ1v) is 7.82. The number of hydrogen-bond acceptors (Lipinski definition) is 2. The van der Waals surface area contributed by atoms with E-state index >= 15 is 0 Å². The molecule has 114 valence electrons. The zero-order chi connectivity index (χ0) is 15.0. The van der Waals surface area contributed by atoms with Crippen LogP contribution >= 0.6 is 0 Å². The molecule has 2 atom stereocenters. The van der Waals surface area contributed by atoms with Crippen molar-refractivity contribution in [1.82, 2.24) is 9.80 Å². The smallest absolute Gasteiger partial charge is 0.253 e. The molecule has 2 saturated heterocycles. The number of rotatable bonds is 2. The Hall–Kier alpha value is -1.42. The third kappa shape index (κ3) is 3.10. The summed E-state index contributed by atoms with van der Waals surface area (Å²) in [6.07, 6.45) is 1.23. The lowest BCUT2D eigenvalue weighted by Gasteiger charge is -2.47. The summed E-state index contributed by atoms with van der Waals surface area (Å²) in [5, 5.41) is 0. The standard InChI is InChI=1S/C17H23FN2O/c1-12(2)19-8-13-7-14(9-19)11-20(10-13)17(21)15-3-5-16(18)6-4-15/h3-6,12-14H,7-11H2,1-2H3/t13-,14+. The summed E-state index contributed by atoms with van der Waals surface area (Å²) >= 11 is 0. The molecule has 4 heteroatoms. The van der Waals surface area contributed by atoms with Gasteiger partial charge < -0.3 is 9.80 Å². The number of benzene rings is 1. The van der Waals surface area contributed by atoms with Crippen molar-refractivity contribution in [3.8, 4) is 0 Å². The van der Waals surface area contributed by atoms with Crippen LogP contribution in [0.1, 0.15) is 30.6 Å². The molecule has 2 fully saturated rings. The molecular weight excluding hydrogens is 267 g/mol. The minimum Gasteiger partial charge on any atom is -0.338 e. The van der Waals surface area contributed by atoms with Gasteiger partial charge in [-0.05, 0) is 56.4 Å². The first kappa shape index (κ1) is 14.5. The van der Waals surface area contributed by atoms with Gasteiger partial charge >= 0.3 is 0 Å². The third-order valence-electron chi connectivity index (χ3n) is 4.72. The van der Waals surface area contributed by atoms with Crippen LogP contribution in [-0.2, 0) is 0 Å². The van der Waals surface area contributed by atoms with Crippen LogP contribution in [0.4, 0.5) is 4.39 Å². The summed E-state index contributed by atoms with van der Waals surface area (Å²) in [6, 6.07) is 6.47. The number of amides is 1. The second-order valence-corrected chi connectivity index (χ2v) is 6.73. The van der Waals surface area contributed by atoms with E-state index < -0.39 is 0 Å². The van der Waals surface area contributed by atoms with Gasteiger partial charge in [0.2, 0.25) is 0 Å². The lowest BCUT2D eigenvalue weighted by atomic mass is 9.84. The monoisotopic (exact) mass is 290 g/mol. The van der Waals surface area contributed by atoms with Gasteiger partial charge in [0.15, 0.2) is 0 Å². The molecule has 3 rings (SSSR count). The van der Waals surface area contributed by atoms with Crippen molar-refractivity contribution in [2.75, 3.05) is 26.2 Å². The van der Waals surface area contributed by atoms with E-state index in [1.165, 1.54) is 18.6 Å². The van der Waals surface area contributed by atoms with Crippen molar-refractivity contribution in [2.45, 2.75) is 26.3 Å². The zero-order valence-corrected chi connectivity index (χ0v) is 12.8. The third-order valence-corrected chi connectivity index (χ3v) is 4.72. The molecular formula is C17H23FN2O. The Bertz CT molecular complexity index is 500. The van der Waals surface area contributed by atoms with Gasteiger partial charge in [0, 0.05) is 37.8 Å². The van der Waals surface area contributed by atoms with Crippen LogP contribution in [0.15, 0.2) is 24.3 Å². The van der Waals surface area contributed by atoms with Gasteiger partial charge in [-0.25, -0.2) is 4.39 Å². The average molecular weight is 290 g/mol. The molecule has 0 aliphatic carbocycles. The number of piperidine rings is 2. The van der Waals surface area contributed by atoms with Crippen LogP contribution in [0, 0.1) is 17.7 Å². The highest BCUT2D eigenvalue weighted by atomic mass is 19.1. The molecule has 0 unspecified atom stereocenters.